The number of halogens is 1. The number of aliphatic hydroxyl groups excluding tert-OH is 1. The van der Waals surface area contributed by atoms with Gasteiger partial charge in [-0.25, -0.2) is 0 Å². The van der Waals surface area contributed by atoms with E-state index in [9.17, 15) is 9.90 Å². The fourth-order valence-corrected chi connectivity index (χ4v) is 5.81. The number of hydrogen-bond acceptors (Lipinski definition) is 4. The fourth-order valence-electron chi connectivity index (χ4n) is 5.68. The molecule has 26 heavy (non-hydrogen) atoms. The molecule has 1 amide bonds. The topological polar surface area (TPSA) is 61.8 Å². The van der Waals surface area contributed by atoms with Crippen LogP contribution in [0.4, 0.5) is 0 Å². The van der Waals surface area contributed by atoms with Crippen LogP contribution in [0.5, 0.6) is 0 Å². The molecule has 3 saturated heterocycles. The van der Waals surface area contributed by atoms with Crippen LogP contribution in [-0.2, 0) is 14.9 Å². The molecule has 2 bridgehead atoms. The number of carbonyl (C=O) groups is 1. The Morgan fingerprint density at radius 1 is 1.35 bits per heavy atom. The second-order valence-corrected chi connectivity index (χ2v) is 8.87. The zero-order chi connectivity index (χ0) is 17.9. The molecule has 5 rings (SSSR count). The van der Waals surface area contributed by atoms with Gasteiger partial charge in [0.15, 0.2) is 0 Å². The number of hydrogen-bond donors (Lipinski definition) is 2. The van der Waals surface area contributed by atoms with Crippen molar-refractivity contribution in [3.05, 3.63) is 34.9 Å². The summed E-state index contributed by atoms with van der Waals surface area (Å²) in [5, 5.41) is 14.0. The monoisotopic (exact) mass is 376 g/mol. The fraction of sp³-hybridized carbons (Fsp3) is 0.650. The third kappa shape index (κ3) is 2.24. The van der Waals surface area contributed by atoms with Gasteiger partial charge >= 0.3 is 0 Å². The number of nitrogens with one attached hydrogen (secondary N) is 1. The molecule has 1 aliphatic carbocycles. The summed E-state index contributed by atoms with van der Waals surface area (Å²) in [6.07, 6.45) is 2.94. The molecule has 1 spiro atoms. The van der Waals surface area contributed by atoms with E-state index in [0.717, 1.165) is 37.9 Å². The summed E-state index contributed by atoms with van der Waals surface area (Å²) in [7, 11) is 0. The Balaban J connectivity index is 1.42. The first kappa shape index (κ1) is 17.0. The number of rotatable bonds is 3. The number of benzene rings is 1. The molecule has 5 nitrogen and oxygen atoms in total. The number of carbonyl (C=O) groups excluding carboxylic acids is 1. The van der Waals surface area contributed by atoms with Crippen LogP contribution >= 0.6 is 11.6 Å². The number of nitrogens with zero attached hydrogens (tertiary/aromatic N) is 1. The number of likely N-dealkylation sites (tertiary alicyclic amines) is 1. The van der Waals surface area contributed by atoms with Crippen molar-refractivity contribution in [2.45, 2.75) is 36.4 Å². The van der Waals surface area contributed by atoms with Gasteiger partial charge in [-0.15, -0.1) is 0 Å². The summed E-state index contributed by atoms with van der Waals surface area (Å²) in [6, 6.07) is 7.75. The molecule has 1 aromatic carbocycles. The van der Waals surface area contributed by atoms with Gasteiger partial charge in [0.2, 0.25) is 5.91 Å². The zero-order valence-corrected chi connectivity index (χ0v) is 15.5. The molecule has 3 heterocycles. The van der Waals surface area contributed by atoms with Crippen molar-refractivity contribution in [1.82, 2.24) is 10.2 Å². The van der Waals surface area contributed by atoms with Crippen molar-refractivity contribution in [2.24, 2.45) is 11.8 Å². The van der Waals surface area contributed by atoms with Gasteiger partial charge in [-0.05, 0) is 30.5 Å². The molecule has 6 heteroatoms. The van der Waals surface area contributed by atoms with Gasteiger partial charge in [-0.3, -0.25) is 4.79 Å². The van der Waals surface area contributed by atoms with E-state index < -0.39 is 5.41 Å². The Bertz CT molecular complexity index is 720. The lowest BCUT2D eigenvalue weighted by atomic mass is 9.63. The maximum atomic E-state index is 13.6. The van der Waals surface area contributed by atoms with Gasteiger partial charge in [0.25, 0.3) is 0 Å². The number of fused-ring (bicyclic) bond motifs is 1. The number of morpholine rings is 1. The SMILES string of the molecule is O=C(N1C[C@@H]2[C@H](CO)[C@H]3CNC[C@]2(C1)O3)C1(c2ccc(Cl)cc2)CCC1. The van der Waals surface area contributed by atoms with E-state index in [1.807, 2.05) is 29.2 Å². The Kier molecular flexibility index (Phi) is 3.87. The molecule has 4 aliphatic rings. The van der Waals surface area contributed by atoms with E-state index in [0.29, 0.717) is 18.1 Å². The molecule has 3 aliphatic heterocycles. The third-order valence-corrected chi connectivity index (χ3v) is 7.46. The third-order valence-electron chi connectivity index (χ3n) is 7.21. The van der Waals surface area contributed by atoms with E-state index in [1.165, 1.54) is 0 Å². The molecule has 1 saturated carbocycles. The highest BCUT2D eigenvalue weighted by Gasteiger charge is 2.63. The quantitative estimate of drug-likeness (QED) is 0.840. The molecule has 2 N–H and O–H groups in total. The summed E-state index contributed by atoms with van der Waals surface area (Å²) in [6.45, 7) is 3.01. The molecule has 4 fully saturated rings. The largest absolute Gasteiger partial charge is 0.396 e. The molecule has 1 aromatic rings. The Labute approximate surface area is 158 Å². The molecule has 0 radical (unpaired) electrons. The van der Waals surface area contributed by atoms with Crippen LogP contribution in [0.1, 0.15) is 24.8 Å². The van der Waals surface area contributed by atoms with Gasteiger partial charge in [-0.1, -0.05) is 30.2 Å². The van der Waals surface area contributed by atoms with Crippen molar-refractivity contribution in [2.75, 3.05) is 32.8 Å². The minimum absolute atomic E-state index is 0.0740. The lowest BCUT2D eigenvalue weighted by Gasteiger charge is -2.44. The maximum absolute atomic E-state index is 13.6. The average molecular weight is 377 g/mol. The first-order valence-corrected chi connectivity index (χ1v) is 10.0. The van der Waals surface area contributed by atoms with Crippen molar-refractivity contribution in [1.29, 1.82) is 0 Å². The summed E-state index contributed by atoms with van der Waals surface area (Å²) in [5.74, 6) is 0.562. The number of amides is 1. The predicted molar refractivity (Wildman–Crippen MR) is 98.1 cm³/mol. The van der Waals surface area contributed by atoms with Crippen LogP contribution in [0.2, 0.25) is 5.02 Å². The van der Waals surface area contributed by atoms with Crippen LogP contribution in [0.3, 0.4) is 0 Å². The van der Waals surface area contributed by atoms with Crippen LogP contribution in [0.15, 0.2) is 24.3 Å². The number of ether oxygens (including phenoxy) is 1. The molecular formula is C20H25ClN2O3. The Morgan fingerprint density at radius 2 is 2.12 bits per heavy atom. The van der Waals surface area contributed by atoms with Crippen LogP contribution in [-0.4, -0.2) is 60.4 Å². The lowest BCUT2D eigenvalue weighted by molar-refractivity contribution is -0.143. The van der Waals surface area contributed by atoms with Crippen LogP contribution in [0, 0.1) is 11.8 Å². The highest BCUT2D eigenvalue weighted by Crippen LogP contribution is 2.51. The van der Waals surface area contributed by atoms with Crippen molar-refractivity contribution < 1.29 is 14.6 Å². The molecular weight excluding hydrogens is 352 g/mol. The summed E-state index contributed by atoms with van der Waals surface area (Å²) in [5.41, 5.74) is 0.347. The zero-order valence-electron chi connectivity index (χ0n) is 14.8. The predicted octanol–water partition coefficient (Wildman–Crippen LogP) is 1.57. The summed E-state index contributed by atoms with van der Waals surface area (Å²) >= 11 is 6.04. The first-order valence-electron chi connectivity index (χ1n) is 9.63. The smallest absolute Gasteiger partial charge is 0.233 e. The van der Waals surface area contributed by atoms with E-state index in [2.05, 4.69) is 5.32 Å². The van der Waals surface area contributed by atoms with E-state index in [-0.39, 0.29) is 36.1 Å². The van der Waals surface area contributed by atoms with Crippen molar-refractivity contribution in [3.8, 4) is 0 Å². The van der Waals surface area contributed by atoms with E-state index in [1.54, 1.807) is 0 Å². The van der Waals surface area contributed by atoms with Crippen molar-refractivity contribution in [3.63, 3.8) is 0 Å². The van der Waals surface area contributed by atoms with Gasteiger partial charge in [0.1, 0.15) is 5.60 Å². The van der Waals surface area contributed by atoms with Gasteiger partial charge < -0.3 is 20.1 Å². The van der Waals surface area contributed by atoms with Gasteiger partial charge in [0, 0.05) is 43.1 Å². The first-order chi connectivity index (χ1) is 12.6. The highest BCUT2D eigenvalue weighted by atomic mass is 35.5. The van der Waals surface area contributed by atoms with E-state index in [4.69, 9.17) is 16.3 Å². The summed E-state index contributed by atoms with van der Waals surface area (Å²) in [4.78, 5) is 15.6. The average Bonchev–Trinajstić information content (AvgIpc) is 3.03. The lowest BCUT2D eigenvalue weighted by Crippen LogP contribution is -2.55. The highest BCUT2D eigenvalue weighted by molar-refractivity contribution is 6.30. The van der Waals surface area contributed by atoms with Crippen LogP contribution < -0.4 is 5.32 Å². The van der Waals surface area contributed by atoms with Gasteiger partial charge in [-0.2, -0.15) is 0 Å². The Hall–Kier alpha value is -1.14. The molecule has 4 atom stereocenters. The second-order valence-electron chi connectivity index (χ2n) is 8.43. The molecule has 140 valence electrons. The second kappa shape index (κ2) is 5.93. The van der Waals surface area contributed by atoms with E-state index >= 15 is 0 Å². The summed E-state index contributed by atoms with van der Waals surface area (Å²) < 4.78 is 6.34. The number of aliphatic hydroxyl groups is 1. The maximum Gasteiger partial charge on any atom is 0.233 e. The minimum atomic E-state index is -0.407. The normalized spacial score (nSPS) is 37.3. The van der Waals surface area contributed by atoms with Crippen LogP contribution in [0.25, 0.3) is 0 Å². The Morgan fingerprint density at radius 3 is 2.77 bits per heavy atom. The minimum Gasteiger partial charge on any atom is -0.396 e. The standard InChI is InChI=1S/C20H25ClN2O3/c21-14-4-2-13(3-5-14)19(6-1-7-19)18(25)23-9-16-15(10-24)17-8-22-11-20(16,12-23)26-17/h2-5,15-17,22,24H,1,6-12H2/t15-,16+,17+,20+/m0/s1. The van der Waals surface area contributed by atoms with Crippen molar-refractivity contribution >= 4 is 17.5 Å². The molecule has 0 aromatic heterocycles. The molecule has 0 unspecified atom stereocenters. The van der Waals surface area contributed by atoms with Gasteiger partial charge in [0.05, 0.1) is 18.1 Å².